The summed E-state index contributed by atoms with van der Waals surface area (Å²) in [6, 6.07) is 6.97. The van der Waals surface area contributed by atoms with Gasteiger partial charge in [-0.1, -0.05) is 12.1 Å². The van der Waals surface area contributed by atoms with Crippen molar-refractivity contribution in [3.63, 3.8) is 0 Å². The van der Waals surface area contributed by atoms with Crippen LogP contribution in [-0.2, 0) is 34.1 Å². The topological polar surface area (TPSA) is 97.6 Å². The Labute approximate surface area is 196 Å². The predicted octanol–water partition coefficient (Wildman–Crippen LogP) is 2.08. The van der Waals surface area contributed by atoms with Crippen LogP contribution < -0.4 is 10.6 Å². The number of nitrogens with one attached hydrogen (secondary N) is 2. The van der Waals surface area contributed by atoms with Gasteiger partial charge in [0.15, 0.2) is 15.8 Å². The average Bonchev–Trinajstić information content (AvgIpc) is 2.95. The number of halogens is 1. The van der Waals surface area contributed by atoms with Crippen molar-refractivity contribution < 1.29 is 13.2 Å². The average molecular weight is 549 g/mol. The molecule has 1 aromatic carbocycles. The second kappa shape index (κ2) is 12.3. The predicted molar refractivity (Wildman–Crippen MR) is 130 cm³/mol. The number of rotatable bonds is 9. The molecule has 1 heterocycles. The number of nitrogens with zero attached hydrogens (tertiary/aromatic N) is 3. The normalized spacial score (nSPS) is 11.8. The number of guanidine groups is 1. The summed E-state index contributed by atoms with van der Waals surface area (Å²) in [6.45, 7) is 6.74. The minimum atomic E-state index is -3.16. The van der Waals surface area contributed by atoms with Crippen molar-refractivity contribution in [1.82, 2.24) is 20.4 Å². The zero-order valence-electron chi connectivity index (χ0n) is 18.2. The number of hydrogen-bond acceptors (Lipinski definition) is 5. The SMILES string of the molecule is CN=C(NCCc1ccc(S(C)(=O)=O)cc1)NCc1c(C)nn(CCOC)c1C.I. The number of methoxy groups -OCH3 is 1. The minimum Gasteiger partial charge on any atom is -0.383 e. The fourth-order valence-electron chi connectivity index (χ4n) is 3.01. The first kappa shape index (κ1) is 26.4. The summed E-state index contributed by atoms with van der Waals surface area (Å²) in [4.78, 5) is 4.60. The molecule has 0 fully saturated rings. The van der Waals surface area contributed by atoms with Crippen LogP contribution in [0.3, 0.4) is 0 Å². The van der Waals surface area contributed by atoms with Gasteiger partial charge >= 0.3 is 0 Å². The van der Waals surface area contributed by atoms with Crippen LogP contribution in [0.25, 0.3) is 0 Å². The third-order valence-electron chi connectivity index (χ3n) is 4.75. The molecular formula is C20H32IN5O3S. The van der Waals surface area contributed by atoms with Crippen molar-refractivity contribution in [1.29, 1.82) is 0 Å². The largest absolute Gasteiger partial charge is 0.383 e. The quantitative estimate of drug-likeness (QED) is 0.283. The number of benzene rings is 1. The minimum absolute atomic E-state index is 0. The molecule has 8 nitrogen and oxygen atoms in total. The fourth-order valence-corrected chi connectivity index (χ4v) is 3.64. The Morgan fingerprint density at radius 1 is 1.20 bits per heavy atom. The number of hydrogen-bond donors (Lipinski definition) is 2. The molecule has 0 aliphatic carbocycles. The Morgan fingerprint density at radius 2 is 1.87 bits per heavy atom. The van der Waals surface area contributed by atoms with Crippen molar-refractivity contribution >= 4 is 39.8 Å². The molecule has 2 rings (SSSR count). The van der Waals surface area contributed by atoms with E-state index in [-0.39, 0.29) is 24.0 Å². The third-order valence-corrected chi connectivity index (χ3v) is 5.88. The van der Waals surface area contributed by atoms with Gasteiger partial charge < -0.3 is 15.4 Å². The van der Waals surface area contributed by atoms with Crippen LogP contribution in [0.2, 0.25) is 0 Å². The Hall–Kier alpha value is -1.66. The van der Waals surface area contributed by atoms with E-state index in [2.05, 4.69) is 27.6 Å². The smallest absolute Gasteiger partial charge is 0.191 e. The monoisotopic (exact) mass is 549 g/mol. The third kappa shape index (κ3) is 7.55. The van der Waals surface area contributed by atoms with Crippen LogP contribution in [-0.4, -0.2) is 57.7 Å². The van der Waals surface area contributed by atoms with Crippen LogP contribution in [0.4, 0.5) is 0 Å². The van der Waals surface area contributed by atoms with Gasteiger partial charge in [0.05, 0.1) is 23.7 Å². The van der Waals surface area contributed by atoms with Gasteiger partial charge in [0.1, 0.15) is 0 Å². The van der Waals surface area contributed by atoms with E-state index in [4.69, 9.17) is 4.74 Å². The molecule has 168 valence electrons. The molecule has 10 heteroatoms. The molecule has 0 radical (unpaired) electrons. The number of aliphatic imine (C=N–C) groups is 1. The Kier molecular flexibility index (Phi) is 10.8. The summed E-state index contributed by atoms with van der Waals surface area (Å²) in [5, 5.41) is 11.2. The van der Waals surface area contributed by atoms with Crippen LogP contribution in [0.1, 0.15) is 22.5 Å². The van der Waals surface area contributed by atoms with E-state index >= 15 is 0 Å². The first-order valence-electron chi connectivity index (χ1n) is 9.51. The first-order valence-corrected chi connectivity index (χ1v) is 11.4. The lowest BCUT2D eigenvalue weighted by molar-refractivity contribution is 0.182. The molecule has 0 aliphatic rings. The van der Waals surface area contributed by atoms with Gasteiger partial charge in [-0.3, -0.25) is 9.67 Å². The van der Waals surface area contributed by atoms with Crippen molar-refractivity contribution in [3.8, 4) is 0 Å². The highest BCUT2D eigenvalue weighted by molar-refractivity contribution is 14.0. The standard InChI is InChI=1S/C20H31N5O3S.HI/c1-15-19(16(2)25(24-15)12-13-28-4)14-23-20(21-3)22-11-10-17-6-8-18(9-7-17)29(5,26)27;/h6-9H,10-14H2,1-5H3,(H2,21,22,23);1H. The highest BCUT2D eigenvalue weighted by Gasteiger charge is 2.12. The van der Waals surface area contributed by atoms with E-state index in [1.54, 1.807) is 26.3 Å². The van der Waals surface area contributed by atoms with Crippen molar-refractivity contribution in [3.05, 3.63) is 46.8 Å². The Morgan fingerprint density at radius 3 is 2.43 bits per heavy atom. The van der Waals surface area contributed by atoms with E-state index in [1.165, 1.54) is 6.26 Å². The van der Waals surface area contributed by atoms with Crippen LogP contribution in [0.15, 0.2) is 34.2 Å². The molecule has 0 aliphatic heterocycles. The molecule has 1 aromatic heterocycles. The molecule has 0 atom stereocenters. The Bertz CT molecular complexity index is 940. The second-order valence-electron chi connectivity index (χ2n) is 6.88. The van der Waals surface area contributed by atoms with E-state index in [0.29, 0.717) is 30.6 Å². The number of sulfone groups is 1. The number of aromatic nitrogens is 2. The molecule has 0 bridgehead atoms. The zero-order chi connectivity index (χ0) is 21.4. The Balaban J connectivity index is 0.00000450. The van der Waals surface area contributed by atoms with Crippen LogP contribution >= 0.6 is 24.0 Å². The second-order valence-corrected chi connectivity index (χ2v) is 8.90. The van der Waals surface area contributed by atoms with Crippen LogP contribution in [0, 0.1) is 13.8 Å². The summed E-state index contributed by atoms with van der Waals surface area (Å²) in [6.07, 6.45) is 1.97. The van der Waals surface area contributed by atoms with Crippen LogP contribution in [0.5, 0.6) is 0 Å². The first-order chi connectivity index (χ1) is 13.8. The lowest BCUT2D eigenvalue weighted by Gasteiger charge is -2.12. The van der Waals surface area contributed by atoms with Gasteiger partial charge in [-0.15, -0.1) is 24.0 Å². The maximum absolute atomic E-state index is 11.5. The van der Waals surface area contributed by atoms with E-state index in [1.807, 2.05) is 23.7 Å². The summed E-state index contributed by atoms with van der Waals surface area (Å²) >= 11 is 0. The summed E-state index contributed by atoms with van der Waals surface area (Å²) in [5.74, 6) is 0.709. The van der Waals surface area contributed by atoms with Gasteiger partial charge in [0, 0.05) is 44.8 Å². The lowest BCUT2D eigenvalue weighted by Crippen LogP contribution is -2.38. The molecule has 2 aromatic rings. The van der Waals surface area contributed by atoms with E-state index < -0.39 is 9.84 Å². The van der Waals surface area contributed by atoms with Gasteiger partial charge in [-0.05, 0) is 38.0 Å². The molecule has 30 heavy (non-hydrogen) atoms. The molecular weight excluding hydrogens is 517 g/mol. The van der Waals surface area contributed by atoms with Crippen molar-refractivity contribution in [2.24, 2.45) is 4.99 Å². The molecule has 0 spiro atoms. The molecule has 0 unspecified atom stereocenters. The van der Waals surface area contributed by atoms with Gasteiger partial charge in [0.25, 0.3) is 0 Å². The highest BCUT2D eigenvalue weighted by atomic mass is 127. The molecule has 0 amide bonds. The highest BCUT2D eigenvalue weighted by Crippen LogP contribution is 2.13. The maximum Gasteiger partial charge on any atom is 0.191 e. The molecule has 2 N–H and O–H groups in total. The summed E-state index contributed by atoms with van der Waals surface area (Å²) in [5.41, 5.74) is 4.33. The molecule has 0 saturated carbocycles. The van der Waals surface area contributed by atoms with Crippen molar-refractivity contribution in [2.45, 2.75) is 38.3 Å². The summed E-state index contributed by atoms with van der Waals surface area (Å²) in [7, 11) is 0.258. The summed E-state index contributed by atoms with van der Waals surface area (Å²) < 4.78 is 30.2. The van der Waals surface area contributed by atoms with Crippen molar-refractivity contribution in [2.75, 3.05) is 33.6 Å². The number of aryl methyl sites for hydroxylation is 1. The van der Waals surface area contributed by atoms with E-state index in [0.717, 1.165) is 35.5 Å². The van der Waals surface area contributed by atoms with Gasteiger partial charge in [-0.25, -0.2) is 8.42 Å². The fraction of sp³-hybridized carbons (Fsp3) is 0.500. The zero-order valence-corrected chi connectivity index (χ0v) is 21.4. The molecule has 0 saturated heterocycles. The number of ether oxygens (including phenoxy) is 1. The lowest BCUT2D eigenvalue weighted by atomic mass is 10.1. The maximum atomic E-state index is 11.5. The van der Waals surface area contributed by atoms with Gasteiger partial charge in [0.2, 0.25) is 0 Å². The van der Waals surface area contributed by atoms with Gasteiger partial charge in [-0.2, -0.15) is 5.10 Å². The van der Waals surface area contributed by atoms with E-state index in [9.17, 15) is 8.42 Å².